The summed E-state index contributed by atoms with van der Waals surface area (Å²) in [6.45, 7) is 0. The summed E-state index contributed by atoms with van der Waals surface area (Å²) in [7, 11) is 0. The molecule has 2 N–H and O–H groups in total. The van der Waals surface area contributed by atoms with E-state index in [1.807, 2.05) is 0 Å². The Kier molecular flexibility index (Phi) is 2.96. The van der Waals surface area contributed by atoms with Gasteiger partial charge in [-0.3, -0.25) is 9.78 Å². The van der Waals surface area contributed by atoms with Crippen LogP contribution in [0.25, 0.3) is 0 Å². The molecule has 2 rings (SSSR count). The van der Waals surface area contributed by atoms with Crippen LogP contribution in [0.5, 0.6) is 0 Å². The van der Waals surface area contributed by atoms with E-state index in [4.69, 9.17) is 5.73 Å². The molecule has 0 aliphatic heterocycles. The molecule has 0 fully saturated rings. The number of aromatic nitrogens is 2. The average Bonchev–Trinajstić information content (AvgIpc) is 2.32. The Morgan fingerprint density at radius 3 is 2.88 bits per heavy atom. The number of pyridine rings is 2. The second-order valence-electron chi connectivity index (χ2n) is 3.16. The first-order valence-electron chi connectivity index (χ1n) is 4.54. The molecule has 2 aromatic heterocycles. The quantitative estimate of drug-likeness (QED) is 0.853. The van der Waals surface area contributed by atoms with Gasteiger partial charge in [-0.2, -0.15) is 0 Å². The molecule has 16 heavy (non-hydrogen) atoms. The normalized spacial score (nSPS) is 10.1. The molecular weight excluding hydrogens is 270 g/mol. The number of hydrogen-bond acceptors (Lipinski definition) is 4. The van der Waals surface area contributed by atoms with Gasteiger partial charge in [0.25, 0.3) is 0 Å². The molecule has 80 valence electrons. The lowest BCUT2D eigenvalue weighted by molar-refractivity contribution is 0.103. The van der Waals surface area contributed by atoms with Gasteiger partial charge in [0.15, 0.2) is 5.78 Å². The molecule has 0 saturated carbocycles. The van der Waals surface area contributed by atoms with E-state index in [1.165, 1.54) is 6.20 Å². The van der Waals surface area contributed by atoms with Gasteiger partial charge in [0, 0.05) is 28.6 Å². The minimum absolute atomic E-state index is 0.181. The summed E-state index contributed by atoms with van der Waals surface area (Å²) < 4.78 is 0.717. The van der Waals surface area contributed by atoms with Crippen LogP contribution in [-0.2, 0) is 0 Å². The smallest absolute Gasteiger partial charge is 0.198 e. The first kappa shape index (κ1) is 10.8. The molecule has 0 saturated heterocycles. The molecule has 0 unspecified atom stereocenters. The zero-order valence-electron chi connectivity index (χ0n) is 8.22. The van der Waals surface area contributed by atoms with Crippen molar-refractivity contribution in [1.29, 1.82) is 0 Å². The molecular formula is C11H8BrN3O. The van der Waals surface area contributed by atoms with Crippen LogP contribution >= 0.6 is 15.9 Å². The predicted octanol–water partition coefficient (Wildman–Crippen LogP) is 2.05. The van der Waals surface area contributed by atoms with E-state index in [0.29, 0.717) is 15.6 Å². The summed E-state index contributed by atoms with van der Waals surface area (Å²) in [5, 5.41) is 0. The van der Waals surface area contributed by atoms with Crippen molar-refractivity contribution in [3.63, 3.8) is 0 Å². The van der Waals surface area contributed by atoms with Crippen molar-refractivity contribution in [2.75, 3.05) is 5.73 Å². The number of ketones is 1. The van der Waals surface area contributed by atoms with Crippen molar-refractivity contribution >= 4 is 27.5 Å². The topological polar surface area (TPSA) is 68.9 Å². The minimum Gasteiger partial charge on any atom is -0.383 e. The van der Waals surface area contributed by atoms with E-state index in [0.717, 1.165) is 0 Å². The van der Waals surface area contributed by atoms with Crippen molar-refractivity contribution in [2.45, 2.75) is 0 Å². The van der Waals surface area contributed by atoms with Crippen LogP contribution in [0.3, 0.4) is 0 Å². The molecule has 0 aliphatic rings. The zero-order valence-corrected chi connectivity index (χ0v) is 9.81. The van der Waals surface area contributed by atoms with Crippen molar-refractivity contribution in [2.24, 2.45) is 0 Å². The Balaban J connectivity index is 2.46. The third kappa shape index (κ3) is 2.09. The number of nitrogen functional groups attached to an aromatic ring is 1. The van der Waals surface area contributed by atoms with Gasteiger partial charge in [0.1, 0.15) is 5.82 Å². The number of nitrogens with two attached hydrogens (primary N) is 1. The molecule has 4 nitrogen and oxygen atoms in total. The molecule has 0 spiro atoms. The van der Waals surface area contributed by atoms with E-state index in [1.54, 1.807) is 30.6 Å². The fourth-order valence-electron chi connectivity index (χ4n) is 1.28. The van der Waals surface area contributed by atoms with Crippen LogP contribution < -0.4 is 5.73 Å². The number of nitrogens with zero attached hydrogens (tertiary/aromatic N) is 2. The first-order valence-corrected chi connectivity index (χ1v) is 5.33. The summed E-state index contributed by atoms with van der Waals surface area (Å²) in [6.07, 6.45) is 4.66. The SMILES string of the molecule is Nc1ncc(Br)cc1C(=O)c1cccnc1. The third-order valence-corrected chi connectivity index (χ3v) is 2.49. The number of hydrogen-bond donors (Lipinski definition) is 1. The molecule has 0 aliphatic carbocycles. The lowest BCUT2D eigenvalue weighted by Crippen LogP contribution is -2.07. The minimum atomic E-state index is -0.181. The number of halogens is 1. The molecule has 2 aromatic rings. The highest BCUT2D eigenvalue weighted by molar-refractivity contribution is 9.10. The van der Waals surface area contributed by atoms with Gasteiger partial charge in [0.05, 0.1) is 5.56 Å². The second-order valence-corrected chi connectivity index (χ2v) is 4.07. The van der Waals surface area contributed by atoms with Crippen LogP contribution in [0.1, 0.15) is 15.9 Å². The van der Waals surface area contributed by atoms with E-state index >= 15 is 0 Å². The maximum atomic E-state index is 12.0. The van der Waals surface area contributed by atoms with Crippen LogP contribution in [0.15, 0.2) is 41.3 Å². The molecule has 0 bridgehead atoms. The van der Waals surface area contributed by atoms with Crippen molar-refractivity contribution in [3.05, 3.63) is 52.4 Å². The van der Waals surface area contributed by atoms with Gasteiger partial charge in [-0.25, -0.2) is 4.98 Å². The summed E-state index contributed by atoms with van der Waals surface area (Å²) in [5.74, 6) is 0.0384. The Hall–Kier alpha value is -1.75. The maximum Gasteiger partial charge on any atom is 0.198 e. The highest BCUT2D eigenvalue weighted by Crippen LogP contribution is 2.18. The number of rotatable bonds is 2. The molecule has 5 heteroatoms. The predicted molar refractivity (Wildman–Crippen MR) is 64.0 cm³/mol. The van der Waals surface area contributed by atoms with Crippen LogP contribution in [0.2, 0.25) is 0 Å². The van der Waals surface area contributed by atoms with Crippen molar-refractivity contribution in [3.8, 4) is 0 Å². The highest BCUT2D eigenvalue weighted by atomic mass is 79.9. The monoisotopic (exact) mass is 277 g/mol. The first-order chi connectivity index (χ1) is 7.68. The Labute approximate surface area is 101 Å². The van der Waals surface area contributed by atoms with E-state index in [2.05, 4.69) is 25.9 Å². The van der Waals surface area contributed by atoms with E-state index in [9.17, 15) is 4.79 Å². The lowest BCUT2D eigenvalue weighted by Gasteiger charge is -2.03. The summed E-state index contributed by atoms with van der Waals surface area (Å²) in [6, 6.07) is 5.04. The molecule has 2 heterocycles. The van der Waals surface area contributed by atoms with Gasteiger partial charge < -0.3 is 5.73 Å². The molecule has 0 atom stereocenters. The summed E-state index contributed by atoms with van der Waals surface area (Å²) in [4.78, 5) is 19.8. The standard InChI is InChI=1S/C11H8BrN3O/c12-8-4-9(11(13)15-6-8)10(16)7-2-1-3-14-5-7/h1-6H,(H2,13,15). The maximum absolute atomic E-state index is 12.0. The van der Waals surface area contributed by atoms with E-state index in [-0.39, 0.29) is 11.6 Å². The third-order valence-electron chi connectivity index (χ3n) is 2.05. The van der Waals surface area contributed by atoms with Gasteiger partial charge >= 0.3 is 0 Å². The zero-order chi connectivity index (χ0) is 11.5. The molecule has 0 aromatic carbocycles. The van der Waals surface area contributed by atoms with Crippen LogP contribution in [0.4, 0.5) is 5.82 Å². The molecule has 0 radical (unpaired) electrons. The number of carbonyl (C=O) groups is 1. The summed E-state index contributed by atoms with van der Waals surface area (Å²) >= 11 is 3.25. The van der Waals surface area contributed by atoms with E-state index < -0.39 is 0 Å². The highest BCUT2D eigenvalue weighted by Gasteiger charge is 2.13. The van der Waals surface area contributed by atoms with Crippen LogP contribution in [0, 0.1) is 0 Å². The lowest BCUT2D eigenvalue weighted by atomic mass is 10.1. The fraction of sp³-hybridized carbons (Fsp3) is 0. The Morgan fingerprint density at radius 1 is 1.38 bits per heavy atom. The van der Waals surface area contributed by atoms with Crippen molar-refractivity contribution < 1.29 is 4.79 Å². The Bertz CT molecular complexity index is 528. The fourth-order valence-corrected chi connectivity index (χ4v) is 1.62. The van der Waals surface area contributed by atoms with Crippen LogP contribution in [-0.4, -0.2) is 15.8 Å². The van der Waals surface area contributed by atoms with Gasteiger partial charge in [-0.05, 0) is 34.1 Å². The largest absolute Gasteiger partial charge is 0.383 e. The second kappa shape index (κ2) is 4.40. The number of carbonyl (C=O) groups excluding carboxylic acids is 1. The Morgan fingerprint density at radius 2 is 2.19 bits per heavy atom. The van der Waals surface area contributed by atoms with Gasteiger partial charge in [-0.15, -0.1) is 0 Å². The van der Waals surface area contributed by atoms with Crippen molar-refractivity contribution in [1.82, 2.24) is 9.97 Å². The molecule has 0 amide bonds. The van der Waals surface area contributed by atoms with Gasteiger partial charge in [0.2, 0.25) is 0 Å². The summed E-state index contributed by atoms with van der Waals surface area (Å²) in [5.41, 5.74) is 6.53. The average molecular weight is 278 g/mol. The van der Waals surface area contributed by atoms with Gasteiger partial charge in [-0.1, -0.05) is 0 Å². The number of anilines is 1.